The molecule has 1 aromatic rings. The van der Waals surface area contributed by atoms with E-state index in [1.807, 2.05) is 6.07 Å². The van der Waals surface area contributed by atoms with E-state index in [-0.39, 0.29) is 5.41 Å². The quantitative estimate of drug-likeness (QED) is 0.892. The summed E-state index contributed by atoms with van der Waals surface area (Å²) < 4.78 is 5.11. The number of hydrogen-bond donors (Lipinski definition) is 2. The molecule has 116 valence electrons. The molecule has 0 aliphatic heterocycles. The lowest BCUT2D eigenvalue weighted by Crippen LogP contribution is -2.46. The van der Waals surface area contributed by atoms with Gasteiger partial charge in [-0.25, -0.2) is 9.97 Å². The number of rotatable bonds is 4. The molecule has 5 heteroatoms. The summed E-state index contributed by atoms with van der Waals surface area (Å²) in [6, 6.07) is 2.25. The molecule has 3 atom stereocenters. The van der Waals surface area contributed by atoms with Crippen molar-refractivity contribution in [3.8, 4) is 0 Å². The minimum atomic E-state index is 0.286. The van der Waals surface area contributed by atoms with Gasteiger partial charge in [-0.05, 0) is 36.0 Å². The normalized spacial score (nSPS) is 33.3. The number of anilines is 2. The van der Waals surface area contributed by atoms with Crippen LogP contribution in [-0.2, 0) is 11.3 Å². The van der Waals surface area contributed by atoms with E-state index >= 15 is 0 Å². The first-order valence-electron chi connectivity index (χ1n) is 7.74. The van der Waals surface area contributed by atoms with Gasteiger partial charge in [-0.15, -0.1) is 0 Å². The fraction of sp³-hybridized carbons (Fsp3) is 0.750. The summed E-state index contributed by atoms with van der Waals surface area (Å²) in [6.07, 6.45) is 3.95. The molecule has 2 fully saturated rings. The number of fused-ring (bicyclic) bond motifs is 2. The Morgan fingerprint density at radius 3 is 2.76 bits per heavy atom. The van der Waals surface area contributed by atoms with Gasteiger partial charge in [0.2, 0.25) is 0 Å². The fourth-order valence-electron chi connectivity index (χ4n) is 4.60. The average molecular weight is 290 g/mol. The Morgan fingerprint density at radius 2 is 2.14 bits per heavy atom. The molecule has 3 unspecified atom stereocenters. The summed E-state index contributed by atoms with van der Waals surface area (Å²) in [5.74, 6) is 2.75. The van der Waals surface area contributed by atoms with Crippen LogP contribution in [0.1, 0.15) is 45.9 Å². The van der Waals surface area contributed by atoms with Gasteiger partial charge in [0.1, 0.15) is 18.2 Å². The van der Waals surface area contributed by atoms with Crippen molar-refractivity contribution in [3.63, 3.8) is 0 Å². The van der Waals surface area contributed by atoms with Crippen LogP contribution >= 0.6 is 0 Å². The highest BCUT2D eigenvalue weighted by atomic mass is 16.5. The number of methoxy groups -OCH3 is 1. The molecule has 2 saturated carbocycles. The maximum atomic E-state index is 5.89. The van der Waals surface area contributed by atoms with Crippen molar-refractivity contribution in [1.82, 2.24) is 9.97 Å². The van der Waals surface area contributed by atoms with Gasteiger partial charge in [0.25, 0.3) is 0 Å². The molecule has 0 aromatic carbocycles. The first kappa shape index (κ1) is 14.6. The van der Waals surface area contributed by atoms with Crippen LogP contribution in [0.3, 0.4) is 0 Å². The van der Waals surface area contributed by atoms with E-state index in [1.54, 1.807) is 7.11 Å². The minimum absolute atomic E-state index is 0.286. The van der Waals surface area contributed by atoms with E-state index < -0.39 is 0 Å². The molecule has 21 heavy (non-hydrogen) atoms. The highest BCUT2D eigenvalue weighted by Gasteiger charge is 2.59. The Kier molecular flexibility index (Phi) is 3.35. The van der Waals surface area contributed by atoms with Gasteiger partial charge in [-0.2, -0.15) is 0 Å². The van der Waals surface area contributed by atoms with Gasteiger partial charge in [0.15, 0.2) is 5.82 Å². The van der Waals surface area contributed by atoms with E-state index in [4.69, 9.17) is 10.5 Å². The largest absolute Gasteiger partial charge is 0.384 e. The minimum Gasteiger partial charge on any atom is -0.384 e. The lowest BCUT2D eigenvalue weighted by molar-refractivity contribution is 0.155. The highest BCUT2D eigenvalue weighted by molar-refractivity contribution is 5.46. The third-order valence-electron chi connectivity index (χ3n) is 5.63. The van der Waals surface area contributed by atoms with Crippen LogP contribution in [0.15, 0.2) is 6.07 Å². The van der Waals surface area contributed by atoms with Crippen molar-refractivity contribution < 1.29 is 4.74 Å². The first-order chi connectivity index (χ1) is 9.85. The van der Waals surface area contributed by atoms with E-state index in [9.17, 15) is 0 Å². The molecule has 0 radical (unpaired) electrons. The zero-order chi connectivity index (χ0) is 15.3. The number of nitrogen functional groups attached to an aromatic ring is 1. The van der Waals surface area contributed by atoms with Gasteiger partial charge in [0.05, 0.1) is 0 Å². The van der Waals surface area contributed by atoms with Crippen LogP contribution in [0.2, 0.25) is 0 Å². The number of hydrogen-bond acceptors (Lipinski definition) is 5. The third kappa shape index (κ3) is 2.37. The molecular formula is C16H26N4O. The second-order valence-electron chi connectivity index (χ2n) is 7.52. The molecule has 0 saturated heterocycles. The van der Waals surface area contributed by atoms with Crippen molar-refractivity contribution in [2.24, 2.45) is 16.7 Å². The predicted molar refractivity (Wildman–Crippen MR) is 83.8 cm³/mol. The van der Waals surface area contributed by atoms with Crippen LogP contribution < -0.4 is 11.1 Å². The monoisotopic (exact) mass is 290 g/mol. The molecular weight excluding hydrogens is 264 g/mol. The Balaban J connectivity index is 1.86. The second kappa shape index (κ2) is 4.83. The van der Waals surface area contributed by atoms with Crippen molar-refractivity contribution >= 4 is 11.6 Å². The molecule has 1 aromatic heterocycles. The van der Waals surface area contributed by atoms with Gasteiger partial charge in [-0.1, -0.05) is 20.8 Å². The Morgan fingerprint density at radius 1 is 1.38 bits per heavy atom. The zero-order valence-electron chi connectivity index (χ0n) is 13.4. The van der Waals surface area contributed by atoms with E-state index in [0.29, 0.717) is 29.7 Å². The number of nitrogens with two attached hydrogens (primary N) is 1. The predicted octanol–water partition coefficient (Wildman–Crippen LogP) is 2.83. The molecule has 2 bridgehead atoms. The first-order valence-corrected chi connectivity index (χ1v) is 7.74. The Hall–Kier alpha value is -1.36. The maximum absolute atomic E-state index is 5.89. The molecule has 3 N–H and O–H groups in total. The standard InChI is InChI=1S/C16H26N4O/c1-15(2)10-5-6-16(3,8-10)14(15)20-12-7-11(17)18-13(19-12)9-21-4/h7,10,14H,5-6,8-9H2,1-4H3,(H3,17,18,19,20). The molecule has 3 rings (SSSR count). The summed E-state index contributed by atoms with van der Waals surface area (Å²) in [7, 11) is 1.64. The smallest absolute Gasteiger partial charge is 0.158 e. The fourth-order valence-corrected chi connectivity index (χ4v) is 4.60. The summed E-state index contributed by atoms with van der Waals surface area (Å²) in [4.78, 5) is 8.74. The van der Waals surface area contributed by atoms with Crippen LogP contribution in [-0.4, -0.2) is 23.1 Å². The van der Waals surface area contributed by atoms with E-state index in [2.05, 4.69) is 36.1 Å². The summed E-state index contributed by atoms with van der Waals surface area (Å²) in [6.45, 7) is 7.54. The molecule has 0 spiro atoms. The van der Waals surface area contributed by atoms with Crippen molar-refractivity contribution in [1.29, 1.82) is 0 Å². The average Bonchev–Trinajstić information content (AvgIpc) is 2.86. The second-order valence-corrected chi connectivity index (χ2v) is 7.52. The van der Waals surface area contributed by atoms with Crippen LogP contribution in [0.25, 0.3) is 0 Å². The maximum Gasteiger partial charge on any atom is 0.158 e. The zero-order valence-corrected chi connectivity index (χ0v) is 13.4. The van der Waals surface area contributed by atoms with E-state index in [1.165, 1.54) is 19.3 Å². The molecule has 2 aliphatic rings. The van der Waals surface area contributed by atoms with E-state index in [0.717, 1.165) is 11.7 Å². The molecule has 2 aliphatic carbocycles. The number of aromatic nitrogens is 2. The van der Waals surface area contributed by atoms with Gasteiger partial charge >= 0.3 is 0 Å². The number of nitrogens with zero attached hydrogens (tertiary/aromatic N) is 2. The van der Waals surface area contributed by atoms with Crippen molar-refractivity contribution in [2.45, 2.75) is 52.7 Å². The van der Waals surface area contributed by atoms with Crippen molar-refractivity contribution in [3.05, 3.63) is 11.9 Å². The lowest BCUT2D eigenvalue weighted by Gasteiger charge is -2.43. The lowest BCUT2D eigenvalue weighted by atomic mass is 9.68. The van der Waals surface area contributed by atoms with Crippen molar-refractivity contribution in [2.75, 3.05) is 18.2 Å². The number of nitrogens with one attached hydrogen (secondary N) is 1. The molecule has 1 heterocycles. The van der Waals surface area contributed by atoms with Gasteiger partial charge in [0, 0.05) is 19.2 Å². The summed E-state index contributed by atoms with van der Waals surface area (Å²) >= 11 is 0. The molecule has 0 amide bonds. The summed E-state index contributed by atoms with van der Waals surface area (Å²) in [5, 5.41) is 3.66. The number of ether oxygens (including phenoxy) is 1. The van der Waals surface area contributed by atoms with Gasteiger partial charge < -0.3 is 15.8 Å². The highest BCUT2D eigenvalue weighted by Crippen LogP contribution is 2.63. The van der Waals surface area contributed by atoms with Crippen LogP contribution in [0.4, 0.5) is 11.6 Å². The Bertz CT molecular complexity index is 540. The topological polar surface area (TPSA) is 73.1 Å². The van der Waals surface area contributed by atoms with Crippen LogP contribution in [0, 0.1) is 16.7 Å². The summed E-state index contributed by atoms with van der Waals surface area (Å²) in [5.41, 5.74) is 6.54. The SMILES string of the molecule is COCc1nc(N)cc(NC2C3(C)CCC(C3)C2(C)C)n1. The van der Waals surface area contributed by atoms with Gasteiger partial charge in [-0.3, -0.25) is 0 Å². The Labute approximate surface area is 126 Å². The van der Waals surface area contributed by atoms with Crippen LogP contribution in [0.5, 0.6) is 0 Å². The third-order valence-corrected chi connectivity index (χ3v) is 5.63. The molecule has 5 nitrogen and oxygen atoms in total.